The first-order valence-corrected chi connectivity index (χ1v) is 11.7. The van der Waals surface area contributed by atoms with Crippen LogP contribution >= 0.6 is 11.3 Å². The number of nitrogens with zero attached hydrogens (tertiary/aromatic N) is 4. The van der Waals surface area contributed by atoms with Crippen LogP contribution in [0.4, 0.5) is 23.5 Å². The molecule has 2 aliphatic rings. The van der Waals surface area contributed by atoms with E-state index in [-0.39, 0.29) is 37.6 Å². The first-order valence-electron chi connectivity index (χ1n) is 10.9. The highest BCUT2D eigenvalue weighted by Gasteiger charge is 2.68. The summed E-state index contributed by atoms with van der Waals surface area (Å²) in [6.07, 6.45) is -2.40. The lowest BCUT2D eigenvalue weighted by Crippen LogP contribution is -2.62. The Hall–Kier alpha value is -3.35. The van der Waals surface area contributed by atoms with Crippen LogP contribution in [0.15, 0.2) is 29.9 Å². The number of fused-ring (bicyclic) bond motifs is 1. The number of amides is 2. The number of alkyl halides is 3. The van der Waals surface area contributed by atoms with Crippen LogP contribution in [0.5, 0.6) is 0 Å². The number of hydrogen-bond acceptors (Lipinski definition) is 7. The fourth-order valence-corrected chi connectivity index (χ4v) is 4.80. The molecule has 0 unspecified atom stereocenters. The standard InChI is InChI=1S/C22H20F4N6O2S/c1-11(12-6-13(23)8-27-7-12)28-20-30-15-2-5-35-17(15)16(31-20)18(33)32-9-14(10-32)29-19(34)21(3-4-21)22(24,25)26/h2,5-8,11,14H,3-4,9-10H2,1H3,(H,29,34)(H,28,30,31)/t11-/m0/s1. The van der Waals surface area contributed by atoms with Gasteiger partial charge in [0.1, 0.15) is 11.2 Å². The fourth-order valence-electron chi connectivity index (χ4n) is 3.99. The predicted molar refractivity (Wildman–Crippen MR) is 119 cm³/mol. The highest BCUT2D eigenvalue weighted by atomic mass is 32.1. The molecule has 0 aromatic carbocycles. The third-order valence-corrected chi connectivity index (χ3v) is 7.22. The number of carbonyl (C=O) groups excluding carboxylic acids is 2. The van der Waals surface area contributed by atoms with Gasteiger partial charge in [-0.15, -0.1) is 11.3 Å². The summed E-state index contributed by atoms with van der Waals surface area (Å²) in [6.45, 7) is 1.95. The van der Waals surface area contributed by atoms with Crippen molar-refractivity contribution in [3.05, 3.63) is 47.0 Å². The Morgan fingerprint density at radius 3 is 2.63 bits per heavy atom. The van der Waals surface area contributed by atoms with Crippen molar-refractivity contribution in [3.63, 3.8) is 0 Å². The van der Waals surface area contributed by atoms with Gasteiger partial charge in [-0.2, -0.15) is 13.2 Å². The number of likely N-dealkylation sites (tertiary alicyclic amines) is 1. The molecule has 2 N–H and O–H groups in total. The zero-order valence-electron chi connectivity index (χ0n) is 18.4. The molecular weight excluding hydrogens is 488 g/mol. The van der Waals surface area contributed by atoms with E-state index in [4.69, 9.17) is 0 Å². The molecule has 1 atom stereocenters. The molecule has 2 fully saturated rings. The van der Waals surface area contributed by atoms with Gasteiger partial charge in [0, 0.05) is 19.3 Å². The zero-order valence-corrected chi connectivity index (χ0v) is 19.2. The Kier molecular flexibility index (Phi) is 5.61. The minimum Gasteiger partial charge on any atom is -0.349 e. The smallest absolute Gasteiger partial charge is 0.349 e. The highest BCUT2D eigenvalue weighted by molar-refractivity contribution is 7.17. The molecule has 3 aromatic heterocycles. The van der Waals surface area contributed by atoms with E-state index in [2.05, 4.69) is 25.6 Å². The van der Waals surface area contributed by atoms with Gasteiger partial charge < -0.3 is 15.5 Å². The summed E-state index contributed by atoms with van der Waals surface area (Å²) < 4.78 is 53.6. The maximum absolute atomic E-state index is 13.5. The molecule has 1 saturated heterocycles. The first kappa shape index (κ1) is 23.4. The molecule has 8 nitrogen and oxygen atoms in total. The van der Waals surface area contributed by atoms with Crippen LogP contribution in [0.3, 0.4) is 0 Å². The Bertz CT molecular complexity index is 1300. The van der Waals surface area contributed by atoms with Crippen molar-refractivity contribution in [3.8, 4) is 0 Å². The maximum atomic E-state index is 13.5. The van der Waals surface area contributed by atoms with Crippen molar-refractivity contribution in [2.45, 2.75) is 38.0 Å². The van der Waals surface area contributed by atoms with Crippen LogP contribution in [-0.4, -0.2) is 57.0 Å². The van der Waals surface area contributed by atoms with Gasteiger partial charge in [0.25, 0.3) is 5.91 Å². The van der Waals surface area contributed by atoms with Gasteiger partial charge in [-0.05, 0) is 42.8 Å². The van der Waals surface area contributed by atoms with E-state index >= 15 is 0 Å². The average Bonchev–Trinajstić information content (AvgIpc) is 3.48. The molecule has 35 heavy (non-hydrogen) atoms. The van der Waals surface area contributed by atoms with Crippen molar-refractivity contribution in [2.75, 3.05) is 18.4 Å². The number of halogens is 4. The topological polar surface area (TPSA) is 100 Å². The molecule has 1 aliphatic heterocycles. The number of thiophene rings is 1. The van der Waals surface area contributed by atoms with E-state index in [9.17, 15) is 27.2 Å². The van der Waals surface area contributed by atoms with Gasteiger partial charge in [0.2, 0.25) is 11.9 Å². The lowest BCUT2D eigenvalue weighted by atomic mass is 10.0. The summed E-state index contributed by atoms with van der Waals surface area (Å²) in [5.74, 6) is -1.76. The van der Waals surface area contributed by atoms with Crippen molar-refractivity contribution in [1.29, 1.82) is 0 Å². The fraction of sp³-hybridized carbons (Fsp3) is 0.409. The second-order valence-corrected chi connectivity index (χ2v) is 9.71. The quantitative estimate of drug-likeness (QED) is 0.493. The molecule has 0 spiro atoms. The number of anilines is 1. The number of pyridine rings is 1. The Morgan fingerprint density at radius 2 is 1.97 bits per heavy atom. The summed E-state index contributed by atoms with van der Waals surface area (Å²) in [6, 6.07) is 2.12. The van der Waals surface area contributed by atoms with Crippen LogP contribution in [0.25, 0.3) is 10.2 Å². The summed E-state index contributed by atoms with van der Waals surface area (Å²) >= 11 is 1.29. The minimum atomic E-state index is -4.58. The number of aromatic nitrogens is 3. The Labute approximate surface area is 200 Å². The predicted octanol–water partition coefficient (Wildman–Crippen LogP) is 3.68. The molecule has 184 valence electrons. The number of rotatable bonds is 6. The Morgan fingerprint density at radius 1 is 1.23 bits per heavy atom. The number of carbonyl (C=O) groups is 2. The van der Waals surface area contributed by atoms with Gasteiger partial charge in [-0.3, -0.25) is 14.6 Å². The van der Waals surface area contributed by atoms with E-state index in [1.807, 2.05) is 0 Å². The van der Waals surface area contributed by atoms with Crippen LogP contribution in [0.1, 0.15) is 41.9 Å². The number of nitrogens with one attached hydrogen (secondary N) is 2. The summed E-state index contributed by atoms with van der Waals surface area (Å²) in [7, 11) is 0. The van der Waals surface area contributed by atoms with Crippen LogP contribution in [-0.2, 0) is 4.79 Å². The largest absolute Gasteiger partial charge is 0.403 e. The molecule has 0 radical (unpaired) electrons. The SMILES string of the molecule is C[C@H](Nc1nc(C(=O)N2CC(NC(=O)C3(C(F)(F)F)CC3)C2)c2sccc2n1)c1cncc(F)c1. The third kappa shape index (κ3) is 4.28. The van der Waals surface area contributed by atoms with Crippen molar-refractivity contribution >= 4 is 39.3 Å². The van der Waals surface area contributed by atoms with E-state index in [0.29, 0.717) is 15.8 Å². The van der Waals surface area contributed by atoms with E-state index in [1.165, 1.54) is 28.5 Å². The molecule has 4 heterocycles. The number of hydrogen-bond donors (Lipinski definition) is 2. The van der Waals surface area contributed by atoms with Gasteiger partial charge in [-0.25, -0.2) is 14.4 Å². The van der Waals surface area contributed by atoms with Crippen molar-refractivity contribution in [1.82, 2.24) is 25.2 Å². The molecule has 0 bridgehead atoms. The Balaban J connectivity index is 1.28. The van der Waals surface area contributed by atoms with Crippen molar-refractivity contribution < 1.29 is 27.2 Å². The van der Waals surface area contributed by atoms with Crippen LogP contribution in [0.2, 0.25) is 0 Å². The van der Waals surface area contributed by atoms with Gasteiger partial charge in [0.05, 0.1) is 28.5 Å². The van der Waals surface area contributed by atoms with Gasteiger partial charge in [-0.1, -0.05) is 0 Å². The van der Waals surface area contributed by atoms with Gasteiger partial charge in [0.15, 0.2) is 5.69 Å². The highest BCUT2D eigenvalue weighted by Crippen LogP contribution is 2.57. The summed E-state index contributed by atoms with van der Waals surface area (Å²) in [5.41, 5.74) is -1.02. The monoisotopic (exact) mass is 508 g/mol. The normalized spacial score (nSPS) is 18.1. The second kappa shape index (κ2) is 8.40. The average molecular weight is 509 g/mol. The zero-order chi connectivity index (χ0) is 25.0. The molecule has 5 rings (SSSR count). The molecule has 2 amide bonds. The van der Waals surface area contributed by atoms with E-state index in [1.54, 1.807) is 18.4 Å². The van der Waals surface area contributed by atoms with Crippen molar-refractivity contribution in [2.24, 2.45) is 5.41 Å². The van der Waals surface area contributed by atoms with Crippen LogP contribution in [0, 0.1) is 11.2 Å². The second-order valence-electron chi connectivity index (χ2n) is 8.79. The molecule has 1 saturated carbocycles. The minimum absolute atomic E-state index is 0.0868. The summed E-state index contributed by atoms with van der Waals surface area (Å²) in [5, 5.41) is 7.24. The van der Waals surface area contributed by atoms with Crippen LogP contribution < -0.4 is 10.6 Å². The molecule has 1 aliphatic carbocycles. The third-order valence-electron chi connectivity index (χ3n) is 6.31. The lowest BCUT2D eigenvalue weighted by molar-refractivity contribution is -0.193. The lowest BCUT2D eigenvalue weighted by Gasteiger charge is -2.40. The van der Waals surface area contributed by atoms with E-state index in [0.717, 1.165) is 6.20 Å². The summed E-state index contributed by atoms with van der Waals surface area (Å²) in [4.78, 5) is 39.4. The molecule has 13 heteroatoms. The van der Waals surface area contributed by atoms with E-state index < -0.39 is 41.3 Å². The molecular formula is C22H20F4N6O2S. The van der Waals surface area contributed by atoms with Gasteiger partial charge >= 0.3 is 6.18 Å². The molecule has 3 aromatic rings. The first-order chi connectivity index (χ1) is 16.6. The maximum Gasteiger partial charge on any atom is 0.403 e.